The maximum Gasteiger partial charge on any atom is 0.227 e. The summed E-state index contributed by atoms with van der Waals surface area (Å²) in [6, 6.07) is 9.82. The van der Waals surface area contributed by atoms with Crippen molar-refractivity contribution in [3.05, 3.63) is 53.0 Å². The molecule has 1 aromatic carbocycles. The Bertz CT molecular complexity index is 906. The molecule has 7 nitrogen and oxygen atoms in total. The van der Waals surface area contributed by atoms with E-state index in [4.69, 9.17) is 4.42 Å². The Labute approximate surface area is 201 Å². The largest absolute Gasteiger partial charge is 0.466 e. The van der Waals surface area contributed by atoms with E-state index in [0.717, 1.165) is 41.3 Å². The Kier molecular flexibility index (Phi) is 8.93. The molecule has 1 atom stereocenters. The number of rotatable bonds is 7. The summed E-state index contributed by atoms with van der Waals surface area (Å²) in [5.41, 5.74) is 1.69. The lowest BCUT2D eigenvalue weighted by Gasteiger charge is -2.24. The molecule has 1 aliphatic heterocycles. The van der Waals surface area contributed by atoms with Crippen LogP contribution < -0.4 is 15.5 Å². The van der Waals surface area contributed by atoms with Crippen LogP contribution in [0.2, 0.25) is 0 Å². The zero-order chi connectivity index (χ0) is 21.7. The SMILES string of the molecule is CCNC(=NCc1ccc(N2CCCC2=O)cc1)NCC(C)(O)c1cc(C)oc1C.I. The number of nitrogens with one attached hydrogen (secondary N) is 2. The number of guanidine groups is 1. The van der Waals surface area contributed by atoms with E-state index < -0.39 is 5.60 Å². The number of carbonyl (C=O) groups excluding carboxylic acids is 1. The molecular formula is C23H33IN4O3. The van der Waals surface area contributed by atoms with Crippen LogP contribution in [0.15, 0.2) is 39.7 Å². The van der Waals surface area contributed by atoms with Crippen LogP contribution in [0.3, 0.4) is 0 Å². The van der Waals surface area contributed by atoms with Crippen molar-refractivity contribution < 1.29 is 14.3 Å². The van der Waals surface area contributed by atoms with Gasteiger partial charge in [-0.15, -0.1) is 24.0 Å². The van der Waals surface area contributed by atoms with Gasteiger partial charge in [-0.25, -0.2) is 4.99 Å². The quantitative estimate of drug-likeness (QED) is 0.284. The first-order chi connectivity index (χ1) is 14.3. The van der Waals surface area contributed by atoms with Gasteiger partial charge in [0.2, 0.25) is 5.91 Å². The van der Waals surface area contributed by atoms with E-state index in [0.29, 0.717) is 32.0 Å². The van der Waals surface area contributed by atoms with Crippen LogP contribution in [-0.2, 0) is 16.9 Å². The Hall–Kier alpha value is -2.07. The van der Waals surface area contributed by atoms with Crippen molar-refractivity contribution in [2.24, 2.45) is 4.99 Å². The monoisotopic (exact) mass is 540 g/mol. The third-order valence-corrected chi connectivity index (χ3v) is 5.31. The lowest BCUT2D eigenvalue weighted by atomic mass is 9.96. The van der Waals surface area contributed by atoms with Gasteiger partial charge in [0, 0.05) is 30.8 Å². The average molecular weight is 540 g/mol. The molecule has 170 valence electrons. The molecule has 1 aliphatic rings. The summed E-state index contributed by atoms with van der Waals surface area (Å²) < 4.78 is 5.56. The highest BCUT2D eigenvalue weighted by molar-refractivity contribution is 14.0. The fourth-order valence-corrected chi connectivity index (χ4v) is 3.73. The van der Waals surface area contributed by atoms with Crippen molar-refractivity contribution in [3.8, 4) is 0 Å². The van der Waals surface area contributed by atoms with Gasteiger partial charge in [-0.2, -0.15) is 0 Å². The molecule has 2 heterocycles. The van der Waals surface area contributed by atoms with Crippen molar-refractivity contribution in [3.63, 3.8) is 0 Å². The summed E-state index contributed by atoms with van der Waals surface area (Å²) in [6.07, 6.45) is 1.55. The molecule has 0 bridgehead atoms. The van der Waals surface area contributed by atoms with Gasteiger partial charge in [-0.3, -0.25) is 4.79 Å². The third-order valence-electron chi connectivity index (χ3n) is 5.31. The Morgan fingerprint density at radius 2 is 1.97 bits per heavy atom. The molecule has 1 saturated heterocycles. The van der Waals surface area contributed by atoms with Gasteiger partial charge in [0.1, 0.15) is 17.1 Å². The topological polar surface area (TPSA) is 90.1 Å². The van der Waals surface area contributed by atoms with E-state index >= 15 is 0 Å². The number of aryl methyl sites for hydroxylation is 2. The minimum atomic E-state index is -1.08. The molecule has 0 spiro atoms. The molecule has 8 heteroatoms. The van der Waals surface area contributed by atoms with Gasteiger partial charge in [0.15, 0.2) is 5.96 Å². The fraction of sp³-hybridized carbons (Fsp3) is 0.478. The summed E-state index contributed by atoms with van der Waals surface area (Å²) >= 11 is 0. The highest BCUT2D eigenvalue weighted by atomic mass is 127. The Morgan fingerprint density at radius 3 is 2.52 bits per heavy atom. The summed E-state index contributed by atoms with van der Waals surface area (Å²) in [5, 5.41) is 17.3. The lowest BCUT2D eigenvalue weighted by molar-refractivity contribution is -0.117. The van der Waals surface area contributed by atoms with Crippen LogP contribution in [0.5, 0.6) is 0 Å². The number of carbonyl (C=O) groups is 1. The number of furan rings is 1. The second-order valence-corrected chi connectivity index (χ2v) is 7.96. The molecule has 1 aromatic heterocycles. The van der Waals surface area contributed by atoms with Crippen molar-refractivity contribution in [1.82, 2.24) is 10.6 Å². The first kappa shape index (κ1) is 25.2. The van der Waals surface area contributed by atoms with E-state index in [9.17, 15) is 9.90 Å². The van der Waals surface area contributed by atoms with Crippen molar-refractivity contribution in [2.45, 2.75) is 52.7 Å². The van der Waals surface area contributed by atoms with E-state index in [1.807, 2.05) is 56.0 Å². The predicted molar refractivity (Wildman–Crippen MR) is 134 cm³/mol. The number of halogens is 1. The van der Waals surface area contributed by atoms with Gasteiger partial charge in [-0.1, -0.05) is 12.1 Å². The highest BCUT2D eigenvalue weighted by Crippen LogP contribution is 2.26. The lowest BCUT2D eigenvalue weighted by Crippen LogP contribution is -2.44. The predicted octanol–water partition coefficient (Wildman–Crippen LogP) is 3.60. The first-order valence-corrected chi connectivity index (χ1v) is 10.5. The van der Waals surface area contributed by atoms with Gasteiger partial charge in [-0.05, 0) is 57.9 Å². The Morgan fingerprint density at radius 1 is 1.26 bits per heavy atom. The number of hydrogen-bond donors (Lipinski definition) is 3. The van der Waals surface area contributed by atoms with E-state index in [-0.39, 0.29) is 29.9 Å². The van der Waals surface area contributed by atoms with Gasteiger partial charge in [0.05, 0.1) is 13.1 Å². The fourth-order valence-electron chi connectivity index (χ4n) is 3.73. The van der Waals surface area contributed by atoms with Crippen LogP contribution >= 0.6 is 24.0 Å². The van der Waals surface area contributed by atoms with Crippen LogP contribution in [-0.4, -0.2) is 36.6 Å². The van der Waals surface area contributed by atoms with E-state index in [1.54, 1.807) is 6.92 Å². The maximum absolute atomic E-state index is 11.9. The molecule has 0 aliphatic carbocycles. The van der Waals surface area contributed by atoms with Crippen molar-refractivity contribution >= 4 is 41.5 Å². The standard InChI is InChI=1S/C23H32N4O3.HI/c1-5-24-22(26-15-23(4,29)20-13-16(2)30-17(20)3)25-14-18-8-10-19(11-9-18)27-12-6-7-21(27)28;/h8-11,13,29H,5-7,12,14-15H2,1-4H3,(H2,24,25,26);1H. The number of aliphatic hydroxyl groups is 1. The highest BCUT2D eigenvalue weighted by Gasteiger charge is 2.28. The van der Waals surface area contributed by atoms with Gasteiger partial charge < -0.3 is 25.1 Å². The van der Waals surface area contributed by atoms with Gasteiger partial charge in [0.25, 0.3) is 0 Å². The van der Waals surface area contributed by atoms with Gasteiger partial charge >= 0.3 is 0 Å². The minimum absolute atomic E-state index is 0. The molecule has 0 radical (unpaired) electrons. The molecule has 1 fully saturated rings. The van der Waals surface area contributed by atoms with E-state index in [2.05, 4.69) is 15.6 Å². The average Bonchev–Trinajstić information content (AvgIpc) is 3.29. The summed E-state index contributed by atoms with van der Waals surface area (Å²) in [4.78, 5) is 18.3. The normalized spacial score (nSPS) is 16.1. The van der Waals surface area contributed by atoms with Crippen molar-refractivity contribution in [1.29, 1.82) is 0 Å². The molecule has 3 N–H and O–H groups in total. The molecule has 31 heavy (non-hydrogen) atoms. The maximum atomic E-state index is 11.9. The second-order valence-electron chi connectivity index (χ2n) is 7.96. The number of aliphatic imine (C=N–C) groups is 1. The molecule has 1 unspecified atom stereocenters. The number of benzene rings is 1. The number of nitrogens with zero attached hydrogens (tertiary/aromatic N) is 2. The molecule has 0 saturated carbocycles. The van der Waals surface area contributed by atoms with Crippen LogP contribution in [0.4, 0.5) is 5.69 Å². The third kappa shape index (κ3) is 6.46. The summed E-state index contributed by atoms with van der Waals surface area (Å²) in [7, 11) is 0. The number of hydrogen-bond acceptors (Lipinski definition) is 4. The minimum Gasteiger partial charge on any atom is -0.466 e. The number of anilines is 1. The van der Waals surface area contributed by atoms with E-state index in [1.165, 1.54) is 0 Å². The van der Waals surface area contributed by atoms with Crippen LogP contribution in [0, 0.1) is 13.8 Å². The smallest absolute Gasteiger partial charge is 0.227 e. The Balaban J connectivity index is 0.00000341. The molecular weight excluding hydrogens is 507 g/mol. The van der Waals surface area contributed by atoms with Crippen LogP contribution in [0.1, 0.15) is 49.3 Å². The second kappa shape index (κ2) is 11.0. The summed E-state index contributed by atoms with van der Waals surface area (Å²) in [5.74, 6) is 2.32. The molecule has 1 amide bonds. The first-order valence-electron chi connectivity index (χ1n) is 10.5. The zero-order valence-corrected chi connectivity index (χ0v) is 21.0. The zero-order valence-electron chi connectivity index (χ0n) is 18.7. The molecule has 2 aromatic rings. The van der Waals surface area contributed by atoms with Crippen molar-refractivity contribution in [2.75, 3.05) is 24.5 Å². The number of amides is 1. The summed E-state index contributed by atoms with van der Waals surface area (Å²) in [6.45, 7) is 9.80. The molecule has 3 rings (SSSR count). The van der Waals surface area contributed by atoms with Crippen LogP contribution in [0.25, 0.3) is 0 Å².